The van der Waals surface area contributed by atoms with E-state index < -0.39 is 10.0 Å². The van der Waals surface area contributed by atoms with Crippen molar-refractivity contribution in [2.75, 3.05) is 25.9 Å². The van der Waals surface area contributed by atoms with Crippen LogP contribution < -0.4 is 10.0 Å². The molecule has 0 atom stereocenters. The molecule has 2 rings (SSSR count). The van der Waals surface area contributed by atoms with Crippen LogP contribution in [-0.2, 0) is 21.4 Å². The maximum atomic E-state index is 11.8. The highest BCUT2D eigenvalue weighted by atomic mass is 32.2. The molecular formula is C14H23N3O3S2. The van der Waals surface area contributed by atoms with E-state index >= 15 is 0 Å². The summed E-state index contributed by atoms with van der Waals surface area (Å²) < 4.78 is 25.0. The van der Waals surface area contributed by atoms with Gasteiger partial charge >= 0.3 is 0 Å². The number of carbonyl (C=O) groups is 1. The number of sulfonamides is 1. The number of rotatable bonds is 7. The first kappa shape index (κ1) is 17.4. The van der Waals surface area contributed by atoms with Gasteiger partial charge in [0.15, 0.2) is 0 Å². The van der Waals surface area contributed by atoms with Crippen LogP contribution in [0, 0.1) is 0 Å². The molecule has 0 bridgehead atoms. The highest BCUT2D eigenvalue weighted by Gasteiger charge is 2.21. The predicted octanol–water partition coefficient (Wildman–Crippen LogP) is 0.768. The molecular weight excluding hydrogens is 322 g/mol. The zero-order chi connectivity index (χ0) is 16.0. The van der Waals surface area contributed by atoms with Gasteiger partial charge in [0.1, 0.15) is 0 Å². The molecule has 0 saturated carbocycles. The second kappa shape index (κ2) is 8.05. The van der Waals surface area contributed by atoms with E-state index in [4.69, 9.17) is 0 Å². The van der Waals surface area contributed by atoms with Crippen molar-refractivity contribution in [1.29, 1.82) is 0 Å². The molecule has 0 aromatic carbocycles. The minimum absolute atomic E-state index is 0.0268. The average Bonchev–Trinajstić information content (AvgIpc) is 2.96. The second-order valence-corrected chi connectivity index (χ2v) is 8.42. The number of amides is 1. The van der Waals surface area contributed by atoms with Gasteiger partial charge in [0.05, 0.1) is 12.8 Å². The Hall–Kier alpha value is -0.960. The SMILES string of the molecule is CS(=O)(=O)NC1CCN(CCC(=O)NCc2cccs2)CC1. The first-order chi connectivity index (χ1) is 10.4. The molecule has 0 spiro atoms. The number of hydrogen-bond donors (Lipinski definition) is 2. The second-order valence-electron chi connectivity index (χ2n) is 5.61. The lowest BCUT2D eigenvalue weighted by Gasteiger charge is -2.31. The van der Waals surface area contributed by atoms with Gasteiger partial charge in [-0.3, -0.25) is 4.79 Å². The third-order valence-corrected chi connectivity index (χ3v) is 5.30. The van der Waals surface area contributed by atoms with Crippen LogP contribution >= 0.6 is 11.3 Å². The highest BCUT2D eigenvalue weighted by molar-refractivity contribution is 7.88. The average molecular weight is 345 g/mol. The first-order valence-corrected chi connectivity index (χ1v) is 10.2. The molecule has 1 aromatic heterocycles. The third-order valence-electron chi connectivity index (χ3n) is 3.66. The van der Waals surface area contributed by atoms with Gasteiger partial charge in [-0.15, -0.1) is 11.3 Å². The fourth-order valence-corrected chi connectivity index (χ4v) is 4.01. The lowest BCUT2D eigenvalue weighted by molar-refractivity contribution is -0.121. The lowest BCUT2D eigenvalue weighted by Crippen LogP contribution is -2.45. The normalized spacial score (nSPS) is 17.5. The molecule has 1 aromatic rings. The van der Waals surface area contributed by atoms with E-state index in [2.05, 4.69) is 14.9 Å². The number of likely N-dealkylation sites (tertiary alicyclic amines) is 1. The molecule has 1 aliphatic rings. The van der Waals surface area contributed by atoms with E-state index in [0.29, 0.717) is 13.0 Å². The smallest absolute Gasteiger partial charge is 0.221 e. The number of nitrogens with one attached hydrogen (secondary N) is 2. The summed E-state index contributed by atoms with van der Waals surface area (Å²) in [4.78, 5) is 15.2. The Morgan fingerprint density at radius 1 is 1.41 bits per heavy atom. The van der Waals surface area contributed by atoms with E-state index in [9.17, 15) is 13.2 Å². The Kier molecular flexibility index (Phi) is 6.37. The largest absolute Gasteiger partial charge is 0.351 e. The van der Waals surface area contributed by atoms with Crippen molar-refractivity contribution < 1.29 is 13.2 Å². The van der Waals surface area contributed by atoms with Gasteiger partial charge in [-0.2, -0.15) is 0 Å². The molecule has 8 heteroatoms. The Morgan fingerprint density at radius 2 is 2.14 bits per heavy atom. The van der Waals surface area contributed by atoms with Gasteiger partial charge in [-0.05, 0) is 37.4 Å². The molecule has 0 radical (unpaired) electrons. The summed E-state index contributed by atoms with van der Waals surface area (Å²) >= 11 is 1.63. The van der Waals surface area contributed by atoms with Gasteiger partial charge in [0, 0.05) is 23.9 Å². The van der Waals surface area contributed by atoms with Crippen LogP contribution in [0.4, 0.5) is 0 Å². The lowest BCUT2D eigenvalue weighted by atomic mass is 10.1. The van der Waals surface area contributed by atoms with Crippen molar-refractivity contribution in [3.63, 3.8) is 0 Å². The van der Waals surface area contributed by atoms with E-state index in [1.165, 1.54) is 6.26 Å². The summed E-state index contributed by atoms with van der Waals surface area (Å²) in [5, 5.41) is 4.91. The predicted molar refractivity (Wildman–Crippen MR) is 88.2 cm³/mol. The summed E-state index contributed by atoms with van der Waals surface area (Å²) in [7, 11) is -3.13. The molecule has 1 saturated heterocycles. The summed E-state index contributed by atoms with van der Waals surface area (Å²) in [5.74, 6) is 0.0600. The summed E-state index contributed by atoms with van der Waals surface area (Å²) in [6, 6.07) is 4.00. The van der Waals surface area contributed by atoms with Crippen LogP contribution in [0.25, 0.3) is 0 Å². The van der Waals surface area contributed by atoms with Crippen LogP contribution in [-0.4, -0.2) is 51.2 Å². The van der Waals surface area contributed by atoms with E-state index in [1.54, 1.807) is 11.3 Å². The Balaban J connectivity index is 1.61. The van der Waals surface area contributed by atoms with Crippen molar-refractivity contribution in [2.45, 2.75) is 31.8 Å². The Labute approximate surface area is 135 Å². The first-order valence-electron chi connectivity index (χ1n) is 7.41. The molecule has 1 amide bonds. The molecule has 124 valence electrons. The van der Waals surface area contributed by atoms with Gasteiger partial charge in [-0.1, -0.05) is 6.07 Å². The molecule has 22 heavy (non-hydrogen) atoms. The van der Waals surface area contributed by atoms with Crippen LogP contribution in [0.15, 0.2) is 17.5 Å². The van der Waals surface area contributed by atoms with Crippen molar-refractivity contribution >= 4 is 27.3 Å². The van der Waals surface area contributed by atoms with Crippen LogP contribution in [0.2, 0.25) is 0 Å². The van der Waals surface area contributed by atoms with Crippen LogP contribution in [0.3, 0.4) is 0 Å². The fraction of sp³-hybridized carbons (Fsp3) is 0.643. The minimum Gasteiger partial charge on any atom is -0.351 e. The van der Waals surface area contributed by atoms with Gasteiger partial charge < -0.3 is 10.2 Å². The maximum absolute atomic E-state index is 11.8. The Bertz CT molecular complexity index is 564. The van der Waals surface area contributed by atoms with E-state index in [0.717, 1.165) is 37.4 Å². The number of nitrogens with zero attached hydrogens (tertiary/aromatic N) is 1. The number of carbonyl (C=O) groups excluding carboxylic acids is 1. The number of piperidine rings is 1. The number of hydrogen-bond acceptors (Lipinski definition) is 5. The van der Waals surface area contributed by atoms with Crippen molar-refractivity contribution in [3.8, 4) is 0 Å². The summed E-state index contributed by atoms with van der Waals surface area (Å²) in [6.07, 6.45) is 3.26. The van der Waals surface area contributed by atoms with E-state index in [1.807, 2.05) is 17.5 Å². The van der Waals surface area contributed by atoms with Gasteiger partial charge in [0.25, 0.3) is 0 Å². The molecule has 2 heterocycles. The van der Waals surface area contributed by atoms with Crippen LogP contribution in [0.5, 0.6) is 0 Å². The quantitative estimate of drug-likeness (QED) is 0.765. The van der Waals surface area contributed by atoms with Crippen molar-refractivity contribution in [1.82, 2.24) is 14.9 Å². The zero-order valence-electron chi connectivity index (χ0n) is 12.7. The van der Waals surface area contributed by atoms with Crippen LogP contribution in [0.1, 0.15) is 24.1 Å². The minimum atomic E-state index is -3.13. The number of thiophene rings is 1. The van der Waals surface area contributed by atoms with Crippen molar-refractivity contribution in [2.24, 2.45) is 0 Å². The molecule has 0 unspecified atom stereocenters. The standard InChI is InChI=1S/C14H23N3O3S2/c1-22(19,20)16-12-4-7-17(8-5-12)9-6-14(18)15-11-13-3-2-10-21-13/h2-3,10,12,16H,4-9,11H2,1H3,(H,15,18). The Morgan fingerprint density at radius 3 is 2.73 bits per heavy atom. The molecule has 1 fully saturated rings. The molecule has 2 N–H and O–H groups in total. The molecule has 1 aliphatic heterocycles. The van der Waals surface area contributed by atoms with Gasteiger partial charge in [-0.25, -0.2) is 13.1 Å². The molecule has 6 nitrogen and oxygen atoms in total. The summed E-state index contributed by atoms with van der Waals surface area (Å²) in [5.41, 5.74) is 0. The maximum Gasteiger partial charge on any atom is 0.221 e. The summed E-state index contributed by atoms with van der Waals surface area (Å²) in [6.45, 7) is 2.97. The topological polar surface area (TPSA) is 78.5 Å². The zero-order valence-corrected chi connectivity index (χ0v) is 14.4. The third kappa shape index (κ3) is 6.43. The molecule has 0 aliphatic carbocycles. The van der Waals surface area contributed by atoms with E-state index in [-0.39, 0.29) is 11.9 Å². The van der Waals surface area contributed by atoms with Crippen molar-refractivity contribution in [3.05, 3.63) is 22.4 Å². The van der Waals surface area contributed by atoms with Gasteiger partial charge in [0.2, 0.25) is 15.9 Å². The fourth-order valence-electron chi connectivity index (χ4n) is 2.52. The highest BCUT2D eigenvalue weighted by Crippen LogP contribution is 2.11. The monoisotopic (exact) mass is 345 g/mol.